The van der Waals surface area contributed by atoms with Crippen LogP contribution in [0.2, 0.25) is 0 Å². The summed E-state index contributed by atoms with van der Waals surface area (Å²) in [7, 11) is 0. The summed E-state index contributed by atoms with van der Waals surface area (Å²) in [6, 6.07) is 68.7. The lowest BCUT2D eigenvalue weighted by atomic mass is 10.0. The fraction of sp³-hybridized carbons (Fsp3) is 0.250. The van der Waals surface area contributed by atoms with Crippen LogP contribution < -0.4 is 0 Å². The van der Waals surface area contributed by atoms with Crippen LogP contribution in [0.1, 0.15) is 89.0 Å². The number of ether oxygens (including phenoxy) is 8. The number of hydrogen-bond donors (Lipinski definition) is 0. The second kappa shape index (κ2) is 27.3. The summed E-state index contributed by atoms with van der Waals surface area (Å²) in [6.45, 7) is 4.91. The van der Waals surface area contributed by atoms with Gasteiger partial charge in [0.05, 0.1) is 52.9 Å². The van der Waals surface area contributed by atoms with Crippen molar-refractivity contribution in [1.82, 2.24) is 0 Å². The average Bonchev–Trinajstić information content (AvgIpc) is 3.42. The first-order valence-corrected chi connectivity index (χ1v) is 24.8. The van der Waals surface area contributed by atoms with Gasteiger partial charge in [0.25, 0.3) is 0 Å². The van der Waals surface area contributed by atoms with Gasteiger partial charge >= 0.3 is 0 Å². The van der Waals surface area contributed by atoms with Crippen molar-refractivity contribution in [2.24, 2.45) is 0 Å². The van der Waals surface area contributed by atoms with Crippen LogP contribution >= 0.6 is 0 Å². The number of rotatable bonds is 0. The Kier molecular flexibility index (Phi) is 19.1. The zero-order valence-electron chi connectivity index (χ0n) is 41.1. The summed E-state index contributed by atoms with van der Waals surface area (Å²) < 4.78 is 46.7. The quantitative estimate of drug-likeness (QED) is 0.149. The van der Waals surface area contributed by atoms with E-state index in [0.717, 1.165) is 70.2 Å². The highest BCUT2D eigenvalue weighted by Gasteiger charge is 2.06. The third-order valence-electron chi connectivity index (χ3n) is 12.6. The molecule has 8 nitrogen and oxygen atoms in total. The molecular formula is C64H64O8. The van der Waals surface area contributed by atoms with Crippen LogP contribution in [0.3, 0.4) is 0 Å². The lowest BCUT2D eigenvalue weighted by molar-refractivity contribution is -0.0690. The predicted molar refractivity (Wildman–Crippen MR) is 281 cm³/mol. The molecule has 0 radical (unpaired) electrons. The van der Waals surface area contributed by atoms with Gasteiger partial charge in [-0.15, -0.1) is 0 Å². The lowest BCUT2D eigenvalue weighted by Gasteiger charge is -2.10. The minimum atomic E-state index is 0.233. The highest BCUT2D eigenvalue weighted by Crippen LogP contribution is 2.19. The SMILES string of the molecule is c1cc2ccc1COCOCc1ccc(cc1)Cc1ccc(cc1)COCOCc1ccc(cc1)Cc1ccc(cc1)COCOCc1ccc(cc1)Cc1ccc(cc1)COCOCc1ccc(cc1)C2. The Morgan fingerprint density at radius 1 is 0.139 bits per heavy atom. The van der Waals surface area contributed by atoms with Crippen LogP contribution in [0.25, 0.3) is 0 Å². The summed E-state index contributed by atoms with van der Waals surface area (Å²) in [5.74, 6) is 0. The molecular weight excluding hydrogens is 897 g/mol. The van der Waals surface area contributed by atoms with E-state index in [4.69, 9.17) is 37.9 Å². The van der Waals surface area contributed by atoms with Crippen molar-refractivity contribution < 1.29 is 37.9 Å². The molecule has 22 heterocycles. The molecule has 0 spiro atoms. The Morgan fingerprint density at radius 2 is 0.236 bits per heavy atom. The molecule has 0 atom stereocenters. The van der Waals surface area contributed by atoms with Gasteiger partial charge in [0, 0.05) is 0 Å². The van der Waals surface area contributed by atoms with E-state index in [9.17, 15) is 0 Å². The van der Waals surface area contributed by atoms with Crippen molar-refractivity contribution in [3.63, 3.8) is 0 Å². The summed E-state index contributed by atoms with van der Waals surface area (Å²) in [4.78, 5) is 0. The smallest absolute Gasteiger partial charge is 0.147 e. The minimum Gasteiger partial charge on any atom is -0.351 e. The van der Waals surface area contributed by atoms with Crippen molar-refractivity contribution in [3.05, 3.63) is 283 Å². The van der Waals surface area contributed by atoms with Gasteiger partial charge in [-0.1, -0.05) is 194 Å². The third kappa shape index (κ3) is 16.8. The standard InChI is InChI=1S/C64H64O8/c1-17-57-18-2-49(1)33-50-3-19-58(20-4-50)38-67-46-68-40-60-23-7-53(8-24-60)35-54-11-27-62(28-12-54)42-71-48-72-44-64-31-15-56(16-32-64)36-55-13-29-63(30-14-55)43-70-47-69-41-61-25-9-52(10-26-61)34-51-5-21-59(22-6-51)39-66-45-65-37-57/h1-32H,33-48H2. The molecule has 0 N–H and O–H groups in total. The molecule has 0 aromatic heterocycles. The van der Waals surface area contributed by atoms with Gasteiger partial charge < -0.3 is 37.9 Å². The van der Waals surface area contributed by atoms with Gasteiger partial charge in [0.2, 0.25) is 0 Å². The molecule has 22 aliphatic heterocycles. The molecule has 0 unspecified atom stereocenters. The zero-order chi connectivity index (χ0) is 48.8. The van der Waals surface area contributed by atoms with Crippen LogP contribution in [0.5, 0.6) is 0 Å². The summed E-state index contributed by atoms with van der Waals surface area (Å²) in [5, 5.41) is 0. The summed E-state index contributed by atoms with van der Waals surface area (Å²) in [6.07, 6.45) is 3.43. The van der Waals surface area contributed by atoms with E-state index in [1.807, 2.05) is 0 Å². The fourth-order valence-electron chi connectivity index (χ4n) is 8.48. The maximum Gasteiger partial charge on any atom is 0.147 e. The third-order valence-corrected chi connectivity index (χ3v) is 12.6. The molecule has 30 rings (SSSR count). The maximum absolute atomic E-state index is 5.84. The molecule has 0 saturated heterocycles. The fourth-order valence-corrected chi connectivity index (χ4v) is 8.48. The first-order chi connectivity index (χ1) is 35.6. The van der Waals surface area contributed by atoms with Gasteiger partial charge in [-0.05, 0) is 115 Å². The highest BCUT2D eigenvalue weighted by molar-refractivity contribution is 5.34. The van der Waals surface area contributed by atoms with E-state index < -0.39 is 0 Å². The Morgan fingerprint density at radius 3 is 0.347 bits per heavy atom. The molecule has 368 valence electrons. The van der Waals surface area contributed by atoms with Crippen LogP contribution in [-0.4, -0.2) is 27.2 Å². The molecule has 0 amide bonds. The topological polar surface area (TPSA) is 73.8 Å². The molecule has 22 aliphatic rings. The van der Waals surface area contributed by atoms with Crippen LogP contribution in [-0.2, 0) is 116 Å². The van der Waals surface area contributed by atoms with E-state index in [-0.39, 0.29) is 27.2 Å². The highest BCUT2D eigenvalue weighted by atomic mass is 16.7. The van der Waals surface area contributed by atoms with Crippen molar-refractivity contribution in [1.29, 1.82) is 0 Å². The lowest BCUT2D eigenvalue weighted by Crippen LogP contribution is -2.02. The first kappa shape index (κ1) is 50.4. The second-order valence-corrected chi connectivity index (χ2v) is 18.5. The molecule has 8 heteroatoms. The second-order valence-electron chi connectivity index (χ2n) is 18.5. The van der Waals surface area contributed by atoms with E-state index in [2.05, 4.69) is 194 Å². The maximum atomic E-state index is 5.84. The largest absolute Gasteiger partial charge is 0.351 e. The van der Waals surface area contributed by atoms with Crippen molar-refractivity contribution in [3.8, 4) is 0 Å². The molecule has 0 saturated carbocycles. The van der Waals surface area contributed by atoms with E-state index in [0.29, 0.717) is 52.9 Å². The van der Waals surface area contributed by atoms with Crippen LogP contribution in [0.15, 0.2) is 194 Å². The molecule has 8 aromatic rings. The molecule has 8 aromatic carbocycles. The Bertz CT molecular complexity index is 2200. The molecule has 0 aliphatic carbocycles. The van der Waals surface area contributed by atoms with Gasteiger partial charge in [0.1, 0.15) is 27.2 Å². The van der Waals surface area contributed by atoms with E-state index >= 15 is 0 Å². The first-order valence-electron chi connectivity index (χ1n) is 24.8. The van der Waals surface area contributed by atoms with Gasteiger partial charge in [-0.25, -0.2) is 0 Å². The van der Waals surface area contributed by atoms with Gasteiger partial charge in [-0.3, -0.25) is 0 Å². The average molecular weight is 961 g/mol. The molecule has 16 bridgehead atoms. The van der Waals surface area contributed by atoms with Gasteiger partial charge in [-0.2, -0.15) is 0 Å². The Balaban J connectivity index is 0.740. The zero-order valence-corrected chi connectivity index (χ0v) is 41.1. The molecule has 0 fully saturated rings. The van der Waals surface area contributed by atoms with Crippen molar-refractivity contribution in [2.75, 3.05) is 27.2 Å². The molecule has 72 heavy (non-hydrogen) atoms. The van der Waals surface area contributed by atoms with E-state index in [1.165, 1.54) is 44.5 Å². The monoisotopic (exact) mass is 960 g/mol. The van der Waals surface area contributed by atoms with Crippen molar-refractivity contribution in [2.45, 2.75) is 78.5 Å². The Hall–Kier alpha value is -6.56. The number of benzene rings is 8. The van der Waals surface area contributed by atoms with Crippen LogP contribution in [0, 0.1) is 0 Å². The summed E-state index contributed by atoms with van der Waals surface area (Å²) in [5.41, 5.74) is 18.9. The summed E-state index contributed by atoms with van der Waals surface area (Å²) >= 11 is 0. The van der Waals surface area contributed by atoms with Crippen LogP contribution in [0.4, 0.5) is 0 Å². The predicted octanol–water partition coefficient (Wildman–Crippen LogP) is 13.1. The normalized spacial score (nSPS) is 15.6. The van der Waals surface area contributed by atoms with E-state index in [1.54, 1.807) is 0 Å². The Labute approximate surface area is 425 Å². The minimum absolute atomic E-state index is 0.233. The number of hydrogen-bond acceptors (Lipinski definition) is 8. The van der Waals surface area contributed by atoms with Gasteiger partial charge in [0.15, 0.2) is 0 Å². The van der Waals surface area contributed by atoms with Crippen molar-refractivity contribution >= 4 is 0 Å².